The predicted octanol–water partition coefficient (Wildman–Crippen LogP) is 2.38. The van der Waals surface area contributed by atoms with E-state index in [2.05, 4.69) is 26.2 Å². The fraction of sp³-hybridized carbons (Fsp3) is 0.385. The maximum atomic E-state index is 11.1. The van der Waals surface area contributed by atoms with Crippen molar-refractivity contribution in [2.45, 2.75) is 18.8 Å². The maximum Gasteiger partial charge on any atom is 0.170 e. The van der Waals surface area contributed by atoms with Gasteiger partial charge in [-0.25, -0.2) is 4.98 Å². The summed E-state index contributed by atoms with van der Waals surface area (Å²) in [5, 5.41) is 3.35. The molecule has 1 saturated heterocycles. The van der Waals surface area contributed by atoms with Gasteiger partial charge < -0.3 is 9.72 Å². The van der Waals surface area contributed by atoms with E-state index >= 15 is 0 Å². The molecule has 2 aromatic heterocycles. The molecule has 18 heavy (non-hydrogen) atoms. The molecule has 5 heteroatoms. The second-order valence-electron chi connectivity index (χ2n) is 4.60. The van der Waals surface area contributed by atoms with E-state index in [1.807, 2.05) is 22.7 Å². The molecule has 2 aromatic rings. The highest BCUT2D eigenvalue weighted by molar-refractivity contribution is 9.10. The highest BCUT2D eigenvalue weighted by atomic mass is 79.9. The molecule has 1 N–H and O–H groups in total. The molecule has 0 aliphatic carbocycles. The second kappa shape index (κ2) is 4.82. The van der Waals surface area contributed by atoms with Crippen LogP contribution in [0.2, 0.25) is 0 Å². The Kier molecular flexibility index (Phi) is 3.18. The fourth-order valence-electron chi connectivity index (χ4n) is 2.56. The summed E-state index contributed by atoms with van der Waals surface area (Å²) < 4.78 is 3.05. The minimum absolute atomic E-state index is 0.432. The maximum absolute atomic E-state index is 11.1. The van der Waals surface area contributed by atoms with E-state index in [0.717, 1.165) is 48.0 Å². The van der Waals surface area contributed by atoms with Crippen LogP contribution in [-0.2, 0) is 0 Å². The molecule has 94 valence electrons. The summed E-state index contributed by atoms with van der Waals surface area (Å²) in [6.45, 7) is 2.04. The zero-order valence-corrected chi connectivity index (χ0v) is 11.5. The largest absolute Gasteiger partial charge is 0.317 e. The molecule has 0 spiro atoms. The number of pyridine rings is 1. The minimum atomic E-state index is 0.432. The molecule has 3 heterocycles. The number of nitrogens with one attached hydrogen (secondary N) is 1. The zero-order valence-electron chi connectivity index (χ0n) is 9.90. The number of hydrogen-bond acceptors (Lipinski definition) is 3. The van der Waals surface area contributed by atoms with Crippen molar-refractivity contribution in [2.24, 2.45) is 0 Å². The number of hydrogen-bond donors (Lipinski definition) is 1. The van der Waals surface area contributed by atoms with Crippen molar-refractivity contribution in [3.05, 3.63) is 34.3 Å². The van der Waals surface area contributed by atoms with Gasteiger partial charge in [-0.15, -0.1) is 0 Å². The SMILES string of the molecule is O=Cc1nc(C2CCNCC2)n2cc(Br)ccc12. The third kappa shape index (κ3) is 1.97. The minimum Gasteiger partial charge on any atom is -0.317 e. The number of carbonyl (C=O) groups excluding carboxylic acids is 1. The van der Waals surface area contributed by atoms with Crippen molar-refractivity contribution >= 4 is 27.7 Å². The molecule has 0 atom stereocenters. The van der Waals surface area contributed by atoms with Gasteiger partial charge in [-0.05, 0) is 54.0 Å². The van der Waals surface area contributed by atoms with Gasteiger partial charge in [0.15, 0.2) is 6.29 Å². The van der Waals surface area contributed by atoms with Gasteiger partial charge in [-0.1, -0.05) is 0 Å². The molecule has 0 aromatic carbocycles. The summed E-state index contributed by atoms with van der Waals surface area (Å²) in [6, 6.07) is 3.88. The van der Waals surface area contributed by atoms with E-state index in [1.54, 1.807) is 0 Å². The first-order valence-corrected chi connectivity index (χ1v) is 6.92. The number of rotatable bonds is 2. The Balaban J connectivity index is 2.15. The molecular weight excluding hydrogens is 294 g/mol. The molecule has 1 fully saturated rings. The molecule has 1 aliphatic heterocycles. The molecule has 0 radical (unpaired) electrons. The molecule has 0 bridgehead atoms. The van der Waals surface area contributed by atoms with E-state index < -0.39 is 0 Å². The van der Waals surface area contributed by atoms with Crippen LogP contribution in [0.1, 0.15) is 35.1 Å². The monoisotopic (exact) mass is 307 g/mol. The van der Waals surface area contributed by atoms with E-state index in [0.29, 0.717) is 11.6 Å². The average Bonchev–Trinajstić information content (AvgIpc) is 2.77. The van der Waals surface area contributed by atoms with Crippen LogP contribution in [0.5, 0.6) is 0 Å². The van der Waals surface area contributed by atoms with Gasteiger partial charge in [0.25, 0.3) is 0 Å². The number of fused-ring (bicyclic) bond motifs is 1. The van der Waals surface area contributed by atoms with Gasteiger partial charge in [0.05, 0.1) is 5.52 Å². The van der Waals surface area contributed by atoms with Crippen molar-refractivity contribution in [3.8, 4) is 0 Å². The lowest BCUT2D eigenvalue weighted by Crippen LogP contribution is -2.27. The first kappa shape index (κ1) is 11.9. The average molecular weight is 308 g/mol. The first-order valence-electron chi connectivity index (χ1n) is 6.13. The zero-order chi connectivity index (χ0) is 12.5. The number of imidazole rings is 1. The summed E-state index contributed by atoms with van der Waals surface area (Å²) in [5.74, 6) is 1.44. The third-order valence-electron chi connectivity index (χ3n) is 3.47. The van der Waals surface area contributed by atoms with Gasteiger partial charge in [-0.3, -0.25) is 4.79 Å². The number of carbonyl (C=O) groups is 1. The van der Waals surface area contributed by atoms with Crippen LogP contribution >= 0.6 is 15.9 Å². The number of piperidine rings is 1. The van der Waals surface area contributed by atoms with Gasteiger partial charge in [-0.2, -0.15) is 0 Å². The van der Waals surface area contributed by atoms with Crippen molar-refractivity contribution in [1.29, 1.82) is 0 Å². The summed E-state index contributed by atoms with van der Waals surface area (Å²) in [7, 11) is 0. The standard InChI is InChI=1S/C13H14BrN3O/c14-10-1-2-12-11(8-18)16-13(17(12)7-10)9-3-5-15-6-4-9/h1-2,7-9,15H,3-6H2. The van der Waals surface area contributed by atoms with Crippen LogP contribution in [0.4, 0.5) is 0 Å². The second-order valence-corrected chi connectivity index (χ2v) is 5.52. The molecule has 1 aliphatic rings. The van der Waals surface area contributed by atoms with Crippen molar-refractivity contribution in [2.75, 3.05) is 13.1 Å². The third-order valence-corrected chi connectivity index (χ3v) is 3.94. The normalized spacial score (nSPS) is 17.2. The van der Waals surface area contributed by atoms with E-state index in [9.17, 15) is 4.79 Å². The Labute approximate surface area is 114 Å². The Morgan fingerprint density at radius 2 is 2.17 bits per heavy atom. The quantitative estimate of drug-likeness (QED) is 0.867. The van der Waals surface area contributed by atoms with Gasteiger partial charge in [0, 0.05) is 16.6 Å². The number of aromatic nitrogens is 2. The number of aldehydes is 1. The fourth-order valence-corrected chi connectivity index (χ4v) is 2.90. The summed E-state index contributed by atoms with van der Waals surface area (Å²) in [5.41, 5.74) is 1.43. The van der Waals surface area contributed by atoms with E-state index in [1.165, 1.54) is 0 Å². The van der Waals surface area contributed by atoms with Gasteiger partial charge in [0.1, 0.15) is 11.5 Å². The number of halogens is 1. The van der Waals surface area contributed by atoms with Crippen molar-refractivity contribution < 1.29 is 4.79 Å². The van der Waals surface area contributed by atoms with Crippen molar-refractivity contribution in [3.63, 3.8) is 0 Å². The lowest BCUT2D eigenvalue weighted by Gasteiger charge is -2.21. The summed E-state index contributed by atoms with van der Waals surface area (Å²) >= 11 is 3.47. The Hall–Kier alpha value is -1.20. The molecule has 0 amide bonds. The van der Waals surface area contributed by atoms with Crippen LogP contribution < -0.4 is 5.32 Å². The smallest absolute Gasteiger partial charge is 0.170 e. The van der Waals surface area contributed by atoms with E-state index in [-0.39, 0.29) is 0 Å². The van der Waals surface area contributed by atoms with Crippen LogP contribution in [0.25, 0.3) is 5.52 Å². The van der Waals surface area contributed by atoms with E-state index in [4.69, 9.17) is 0 Å². The van der Waals surface area contributed by atoms with Crippen LogP contribution in [0.3, 0.4) is 0 Å². The molecular formula is C13H14BrN3O. The molecule has 0 saturated carbocycles. The lowest BCUT2D eigenvalue weighted by molar-refractivity contribution is 0.112. The molecule has 4 nitrogen and oxygen atoms in total. The summed E-state index contributed by atoms with van der Waals surface area (Å²) in [4.78, 5) is 15.6. The Morgan fingerprint density at radius 3 is 2.89 bits per heavy atom. The van der Waals surface area contributed by atoms with Crippen LogP contribution in [-0.4, -0.2) is 28.8 Å². The number of nitrogens with zero attached hydrogens (tertiary/aromatic N) is 2. The lowest BCUT2D eigenvalue weighted by atomic mass is 9.97. The molecule has 3 rings (SSSR count). The highest BCUT2D eigenvalue weighted by Gasteiger charge is 2.21. The summed E-state index contributed by atoms with van der Waals surface area (Å²) in [6.07, 6.45) is 4.98. The Morgan fingerprint density at radius 1 is 1.39 bits per heavy atom. The van der Waals surface area contributed by atoms with Gasteiger partial charge >= 0.3 is 0 Å². The molecule has 0 unspecified atom stereocenters. The van der Waals surface area contributed by atoms with Crippen molar-refractivity contribution in [1.82, 2.24) is 14.7 Å². The Bertz CT molecular complexity index is 587. The highest BCUT2D eigenvalue weighted by Crippen LogP contribution is 2.27. The predicted molar refractivity (Wildman–Crippen MR) is 73.1 cm³/mol. The van der Waals surface area contributed by atoms with Crippen LogP contribution in [0.15, 0.2) is 22.8 Å². The topological polar surface area (TPSA) is 46.4 Å². The first-order chi connectivity index (χ1) is 8.79. The van der Waals surface area contributed by atoms with Crippen LogP contribution in [0, 0.1) is 0 Å². The van der Waals surface area contributed by atoms with Gasteiger partial charge in [0.2, 0.25) is 0 Å².